The van der Waals surface area contributed by atoms with Crippen molar-refractivity contribution in [3.63, 3.8) is 0 Å². The van der Waals surface area contributed by atoms with Gasteiger partial charge in [0.25, 0.3) is 10.0 Å². The van der Waals surface area contributed by atoms with Crippen molar-refractivity contribution in [3.05, 3.63) is 82.4 Å². The highest BCUT2D eigenvalue weighted by Gasteiger charge is 2.17. The Morgan fingerprint density at radius 2 is 1.62 bits per heavy atom. The minimum absolute atomic E-state index is 0.254. The zero-order valence-electron chi connectivity index (χ0n) is 16.2. The van der Waals surface area contributed by atoms with Crippen molar-refractivity contribution in [1.82, 2.24) is 5.32 Å². The maximum absolute atomic E-state index is 12.9. The van der Waals surface area contributed by atoms with Crippen molar-refractivity contribution < 1.29 is 8.42 Å². The Bertz CT molecular complexity index is 1140. The lowest BCUT2D eigenvalue weighted by atomic mass is 10.0. The van der Waals surface area contributed by atoms with Crippen LogP contribution in [0.2, 0.25) is 5.02 Å². The maximum atomic E-state index is 12.9. The van der Waals surface area contributed by atoms with Gasteiger partial charge in [0.05, 0.1) is 4.90 Å². The summed E-state index contributed by atoms with van der Waals surface area (Å²) in [6.07, 6.45) is 1.87. The second kappa shape index (κ2) is 8.19. The number of benzene rings is 3. The molecular weight excluding hydrogens is 404 g/mol. The van der Waals surface area contributed by atoms with Gasteiger partial charge < -0.3 is 5.32 Å². The summed E-state index contributed by atoms with van der Waals surface area (Å²) >= 11 is 5.96. The molecule has 0 saturated heterocycles. The summed E-state index contributed by atoms with van der Waals surface area (Å²) in [5.74, 6) is 0. The first-order valence-electron chi connectivity index (χ1n) is 9.64. The SMILES string of the molecule is Cc1cc(S(=O)(=O)Nc2ccc3c(c2)CCNCC3)ccc1-c1ccc(Cl)cc1. The molecule has 3 aromatic carbocycles. The summed E-state index contributed by atoms with van der Waals surface area (Å²) in [6, 6.07) is 18.5. The van der Waals surface area contributed by atoms with Crippen LogP contribution in [0.4, 0.5) is 5.69 Å². The molecule has 0 atom stereocenters. The zero-order chi connectivity index (χ0) is 20.4. The van der Waals surface area contributed by atoms with Gasteiger partial charge in [0.15, 0.2) is 0 Å². The van der Waals surface area contributed by atoms with E-state index in [0.29, 0.717) is 10.7 Å². The van der Waals surface area contributed by atoms with E-state index < -0.39 is 10.0 Å². The third-order valence-corrected chi connectivity index (χ3v) is 6.90. The van der Waals surface area contributed by atoms with E-state index in [4.69, 9.17) is 11.6 Å². The van der Waals surface area contributed by atoms with E-state index in [2.05, 4.69) is 10.0 Å². The predicted molar refractivity (Wildman–Crippen MR) is 119 cm³/mol. The predicted octanol–water partition coefficient (Wildman–Crippen LogP) is 4.80. The molecule has 0 aromatic heterocycles. The number of nitrogens with one attached hydrogen (secondary N) is 2. The molecule has 0 unspecified atom stereocenters. The maximum Gasteiger partial charge on any atom is 0.261 e. The zero-order valence-corrected chi connectivity index (χ0v) is 17.8. The van der Waals surface area contributed by atoms with Crippen LogP contribution in [0, 0.1) is 6.92 Å². The summed E-state index contributed by atoms with van der Waals surface area (Å²) in [6.45, 7) is 3.78. The average Bonchev–Trinajstić information content (AvgIpc) is 2.93. The second-order valence-corrected chi connectivity index (χ2v) is 9.44. The van der Waals surface area contributed by atoms with Crippen LogP contribution in [0.3, 0.4) is 0 Å². The Balaban J connectivity index is 1.60. The van der Waals surface area contributed by atoms with Crippen molar-refractivity contribution in [3.8, 4) is 11.1 Å². The lowest BCUT2D eigenvalue weighted by molar-refractivity contribution is 0.601. The van der Waals surface area contributed by atoms with Crippen molar-refractivity contribution in [2.75, 3.05) is 17.8 Å². The van der Waals surface area contributed by atoms with Crippen LogP contribution < -0.4 is 10.0 Å². The minimum atomic E-state index is -3.66. The quantitative estimate of drug-likeness (QED) is 0.629. The number of halogens is 1. The summed E-state index contributed by atoms with van der Waals surface area (Å²) in [5, 5.41) is 4.04. The van der Waals surface area contributed by atoms with Gasteiger partial charge in [-0.1, -0.05) is 35.9 Å². The fraction of sp³-hybridized carbons (Fsp3) is 0.217. The molecule has 0 amide bonds. The summed E-state index contributed by atoms with van der Waals surface area (Å²) in [5.41, 5.74) is 5.96. The largest absolute Gasteiger partial charge is 0.316 e. The van der Waals surface area contributed by atoms with E-state index in [1.807, 2.05) is 55.5 Å². The van der Waals surface area contributed by atoms with Crippen LogP contribution in [-0.4, -0.2) is 21.5 Å². The van der Waals surface area contributed by atoms with Gasteiger partial charge in [0.2, 0.25) is 0 Å². The molecule has 1 heterocycles. The highest BCUT2D eigenvalue weighted by Crippen LogP contribution is 2.28. The van der Waals surface area contributed by atoms with E-state index >= 15 is 0 Å². The van der Waals surface area contributed by atoms with Crippen LogP contribution in [0.1, 0.15) is 16.7 Å². The molecular formula is C23H23ClN2O2S. The summed E-state index contributed by atoms with van der Waals surface area (Å²) in [4.78, 5) is 0.254. The topological polar surface area (TPSA) is 58.2 Å². The van der Waals surface area contributed by atoms with Gasteiger partial charge >= 0.3 is 0 Å². The Kier molecular flexibility index (Phi) is 5.63. The number of hydrogen-bond acceptors (Lipinski definition) is 3. The number of sulfonamides is 1. The summed E-state index contributed by atoms with van der Waals surface area (Å²) < 4.78 is 28.6. The molecule has 6 heteroatoms. The van der Waals surface area contributed by atoms with Gasteiger partial charge in [-0.05, 0) is 97.1 Å². The molecule has 4 rings (SSSR count). The molecule has 1 aliphatic rings. The van der Waals surface area contributed by atoms with Crippen LogP contribution in [0.25, 0.3) is 11.1 Å². The highest BCUT2D eigenvalue weighted by atomic mass is 35.5. The molecule has 0 saturated carbocycles. The molecule has 0 spiro atoms. The van der Waals surface area contributed by atoms with E-state index in [0.717, 1.165) is 42.6 Å². The fourth-order valence-corrected chi connectivity index (χ4v) is 4.97. The van der Waals surface area contributed by atoms with Gasteiger partial charge in [0.1, 0.15) is 0 Å². The monoisotopic (exact) mass is 426 g/mol. The van der Waals surface area contributed by atoms with Crippen molar-refractivity contribution in [1.29, 1.82) is 0 Å². The molecule has 4 nitrogen and oxygen atoms in total. The normalized spacial score (nSPS) is 14.1. The van der Waals surface area contributed by atoms with E-state index in [1.54, 1.807) is 12.1 Å². The van der Waals surface area contributed by atoms with Gasteiger partial charge in [-0.3, -0.25) is 4.72 Å². The standard InChI is InChI=1S/C23H23ClN2O2S/c1-16-14-22(8-9-23(16)18-2-5-20(24)6-3-18)29(27,28)26-21-7-4-17-10-12-25-13-11-19(17)15-21/h2-9,14-15,25-26H,10-13H2,1H3. The number of hydrogen-bond donors (Lipinski definition) is 2. The van der Waals surface area contributed by atoms with Crippen LogP contribution in [0.5, 0.6) is 0 Å². The van der Waals surface area contributed by atoms with Crippen LogP contribution >= 0.6 is 11.6 Å². The lowest BCUT2D eigenvalue weighted by Gasteiger charge is -2.13. The third-order valence-electron chi connectivity index (χ3n) is 5.26. The van der Waals surface area contributed by atoms with Crippen LogP contribution in [0.15, 0.2) is 65.6 Å². The smallest absolute Gasteiger partial charge is 0.261 e. The average molecular weight is 427 g/mol. The molecule has 1 aliphatic heterocycles. The van der Waals surface area contributed by atoms with E-state index in [9.17, 15) is 8.42 Å². The third kappa shape index (κ3) is 4.47. The second-order valence-electron chi connectivity index (χ2n) is 7.32. The van der Waals surface area contributed by atoms with Crippen LogP contribution in [-0.2, 0) is 22.9 Å². The molecule has 0 aliphatic carbocycles. The molecule has 0 bridgehead atoms. The fourth-order valence-electron chi connectivity index (χ4n) is 3.71. The van der Waals surface area contributed by atoms with Gasteiger partial charge in [-0.15, -0.1) is 0 Å². The molecule has 2 N–H and O–H groups in total. The first kappa shape index (κ1) is 20.0. The minimum Gasteiger partial charge on any atom is -0.316 e. The Morgan fingerprint density at radius 3 is 2.34 bits per heavy atom. The molecule has 3 aromatic rings. The Labute approximate surface area is 177 Å². The van der Waals surface area contributed by atoms with Crippen molar-refractivity contribution >= 4 is 27.3 Å². The Hall–Kier alpha value is -2.34. The molecule has 29 heavy (non-hydrogen) atoms. The van der Waals surface area contributed by atoms with Crippen molar-refractivity contribution in [2.45, 2.75) is 24.7 Å². The first-order chi connectivity index (χ1) is 13.9. The van der Waals surface area contributed by atoms with Gasteiger partial charge in [0, 0.05) is 10.7 Å². The molecule has 0 fully saturated rings. The van der Waals surface area contributed by atoms with Gasteiger partial charge in [-0.25, -0.2) is 8.42 Å². The molecule has 0 radical (unpaired) electrons. The molecule has 150 valence electrons. The number of fused-ring (bicyclic) bond motifs is 1. The number of rotatable bonds is 4. The van der Waals surface area contributed by atoms with Gasteiger partial charge in [-0.2, -0.15) is 0 Å². The Morgan fingerprint density at radius 1 is 0.897 bits per heavy atom. The lowest BCUT2D eigenvalue weighted by Crippen LogP contribution is -2.16. The summed E-state index contributed by atoms with van der Waals surface area (Å²) in [7, 11) is -3.66. The highest BCUT2D eigenvalue weighted by molar-refractivity contribution is 7.92. The van der Waals surface area contributed by atoms with E-state index in [1.165, 1.54) is 11.1 Å². The first-order valence-corrected chi connectivity index (χ1v) is 11.5. The van der Waals surface area contributed by atoms with E-state index in [-0.39, 0.29) is 4.90 Å². The number of anilines is 1. The van der Waals surface area contributed by atoms with Crippen molar-refractivity contribution in [2.24, 2.45) is 0 Å². The number of aryl methyl sites for hydroxylation is 1.